The normalized spacial score (nSPS) is 25.1. The summed E-state index contributed by atoms with van der Waals surface area (Å²) >= 11 is 0. The van der Waals surface area contributed by atoms with Gasteiger partial charge in [0.25, 0.3) is 0 Å². The number of amidine groups is 1. The molecule has 1 aromatic heterocycles. The Balaban J connectivity index is 1.46. The van der Waals surface area contributed by atoms with Crippen molar-refractivity contribution in [3.8, 4) is 11.4 Å². The van der Waals surface area contributed by atoms with E-state index in [4.69, 9.17) is 9.57 Å². The fourth-order valence-electron chi connectivity index (χ4n) is 4.84. The molecule has 1 saturated heterocycles. The third-order valence-corrected chi connectivity index (χ3v) is 6.28. The number of fused-ring (bicyclic) bond motifs is 3. The average molecular weight is 393 g/mol. The highest BCUT2D eigenvalue weighted by atomic mass is 16.6. The number of benzene rings is 1. The molecule has 0 amide bonds. The summed E-state index contributed by atoms with van der Waals surface area (Å²) in [6, 6.07) is 6.79. The van der Waals surface area contributed by atoms with Crippen molar-refractivity contribution in [3.05, 3.63) is 47.6 Å². The molecule has 3 heterocycles. The number of hydrogen-bond donors (Lipinski definition) is 0. The second-order valence-corrected chi connectivity index (χ2v) is 8.23. The van der Waals surface area contributed by atoms with Crippen LogP contribution < -0.4 is 4.74 Å². The fraction of sp³-hybridized carbons (Fsp3) is 0.478. The molecule has 1 saturated carbocycles. The van der Waals surface area contributed by atoms with Crippen molar-refractivity contribution in [2.24, 2.45) is 5.16 Å². The lowest BCUT2D eigenvalue weighted by Gasteiger charge is -2.45. The monoisotopic (exact) mass is 392 g/mol. The van der Waals surface area contributed by atoms with Gasteiger partial charge in [-0.25, -0.2) is 4.98 Å². The van der Waals surface area contributed by atoms with Crippen LogP contribution in [-0.4, -0.2) is 46.1 Å². The molecule has 0 radical (unpaired) electrons. The molecule has 2 atom stereocenters. The van der Waals surface area contributed by atoms with Crippen molar-refractivity contribution >= 4 is 11.9 Å². The lowest BCUT2D eigenvalue weighted by Crippen LogP contribution is -2.54. The Morgan fingerprint density at radius 2 is 2.10 bits per heavy atom. The van der Waals surface area contributed by atoms with Gasteiger partial charge in [0.05, 0.1) is 30.9 Å². The largest absolute Gasteiger partial charge is 0.495 e. The molecular weight excluding hydrogens is 364 g/mol. The summed E-state index contributed by atoms with van der Waals surface area (Å²) in [6.45, 7) is 3.07. The Hall–Kier alpha value is -2.76. The van der Waals surface area contributed by atoms with Crippen LogP contribution in [-0.2, 0) is 4.84 Å². The molecule has 152 valence electrons. The topological polar surface area (TPSA) is 51.9 Å². The van der Waals surface area contributed by atoms with E-state index < -0.39 is 0 Å². The number of rotatable bonds is 3. The molecule has 0 bridgehead atoms. The summed E-state index contributed by atoms with van der Waals surface area (Å²) in [5.41, 5.74) is 4.35. The first-order valence-corrected chi connectivity index (χ1v) is 10.6. The first kappa shape index (κ1) is 18.3. The maximum absolute atomic E-state index is 5.91. The van der Waals surface area contributed by atoms with Crippen LogP contribution in [0.3, 0.4) is 0 Å². The summed E-state index contributed by atoms with van der Waals surface area (Å²) in [5, 5.41) is 4.55. The minimum Gasteiger partial charge on any atom is -0.495 e. The highest BCUT2D eigenvalue weighted by Gasteiger charge is 2.39. The standard InChI is InChI=1S/C23H28N4O2/c1-16-14-26(15-24-16)19-10-9-17(13-22(19)28-2)12-18-6-5-11-27-20-7-3-4-8-21(20)29-25-23(18)27/h9-10,12-15,20-21H,3-8,11H2,1-2H3. The van der Waals surface area contributed by atoms with Crippen molar-refractivity contribution < 1.29 is 9.57 Å². The van der Waals surface area contributed by atoms with Gasteiger partial charge in [-0.05, 0) is 68.4 Å². The van der Waals surface area contributed by atoms with E-state index in [0.717, 1.165) is 54.3 Å². The summed E-state index contributed by atoms with van der Waals surface area (Å²) in [6.07, 6.45) is 13.4. The van der Waals surface area contributed by atoms with Gasteiger partial charge in [-0.15, -0.1) is 0 Å². The van der Waals surface area contributed by atoms with Gasteiger partial charge in [-0.3, -0.25) is 0 Å². The third kappa shape index (κ3) is 3.41. The summed E-state index contributed by atoms with van der Waals surface area (Å²) in [7, 11) is 1.71. The maximum atomic E-state index is 5.91. The highest BCUT2D eigenvalue weighted by Crippen LogP contribution is 2.35. The zero-order chi connectivity index (χ0) is 19.8. The van der Waals surface area contributed by atoms with E-state index in [1.54, 1.807) is 7.11 Å². The molecule has 0 spiro atoms. The van der Waals surface area contributed by atoms with E-state index in [1.807, 2.05) is 24.0 Å². The summed E-state index contributed by atoms with van der Waals surface area (Å²) < 4.78 is 7.67. The Labute approximate surface area is 171 Å². The molecule has 2 aliphatic heterocycles. The smallest absolute Gasteiger partial charge is 0.171 e. The molecule has 6 nitrogen and oxygen atoms in total. The van der Waals surface area contributed by atoms with E-state index >= 15 is 0 Å². The molecule has 0 N–H and O–H groups in total. The Morgan fingerprint density at radius 1 is 1.21 bits per heavy atom. The molecule has 1 aromatic carbocycles. The number of nitrogens with zero attached hydrogens (tertiary/aromatic N) is 4. The molecular formula is C23H28N4O2. The molecule has 2 aromatic rings. The highest BCUT2D eigenvalue weighted by molar-refractivity contribution is 6.03. The van der Waals surface area contributed by atoms with E-state index in [2.05, 4.69) is 39.3 Å². The van der Waals surface area contributed by atoms with Gasteiger partial charge < -0.3 is 19.0 Å². The van der Waals surface area contributed by atoms with Crippen molar-refractivity contribution in [1.29, 1.82) is 0 Å². The number of oxime groups is 1. The van der Waals surface area contributed by atoms with E-state index in [-0.39, 0.29) is 6.10 Å². The van der Waals surface area contributed by atoms with Crippen LogP contribution in [0.2, 0.25) is 0 Å². The Morgan fingerprint density at radius 3 is 2.93 bits per heavy atom. The first-order valence-electron chi connectivity index (χ1n) is 10.6. The van der Waals surface area contributed by atoms with E-state index in [9.17, 15) is 0 Å². The maximum Gasteiger partial charge on any atom is 0.171 e. The lowest BCUT2D eigenvalue weighted by molar-refractivity contribution is -0.0401. The molecule has 1 aliphatic carbocycles. The summed E-state index contributed by atoms with van der Waals surface area (Å²) in [5.74, 6) is 1.87. The van der Waals surface area contributed by atoms with Crippen LogP contribution in [0.5, 0.6) is 5.75 Å². The number of aromatic nitrogens is 2. The molecule has 6 heteroatoms. The molecule has 5 rings (SSSR count). The van der Waals surface area contributed by atoms with E-state index in [0.29, 0.717) is 6.04 Å². The van der Waals surface area contributed by atoms with Gasteiger partial charge >= 0.3 is 0 Å². The number of aryl methyl sites for hydroxylation is 1. The third-order valence-electron chi connectivity index (χ3n) is 6.28. The number of hydrogen-bond acceptors (Lipinski definition) is 5. The average Bonchev–Trinajstić information content (AvgIpc) is 3.19. The van der Waals surface area contributed by atoms with Crippen molar-refractivity contribution in [2.45, 2.75) is 57.6 Å². The lowest BCUT2D eigenvalue weighted by atomic mass is 9.88. The number of methoxy groups -OCH3 is 1. The number of imidazole rings is 1. The predicted octanol–water partition coefficient (Wildman–Crippen LogP) is 4.32. The van der Waals surface area contributed by atoms with E-state index in [1.165, 1.54) is 24.8 Å². The van der Waals surface area contributed by atoms with Gasteiger partial charge in [0, 0.05) is 12.7 Å². The van der Waals surface area contributed by atoms with Crippen LogP contribution in [0.15, 0.2) is 41.5 Å². The van der Waals surface area contributed by atoms with Crippen molar-refractivity contribution in [1.82, 2.24) is 14.5 Å². The second kappa shape index (κ2) is 7.58. The quantitative estimate of drug-likeness (QED) is 0.780. The van der Waals surface area contributed by atoms with Crippen LogP contribution in [0.4, 0.5) is 0 Å². The van der Waals surface area contributed by atoms with Crippen LogP contribution >= 0.6 is 0 Å². The Kier molecular flexibility index (Phi) is 4.78. The molecule has 2 unspecified atom stereocenters. The Bertz CT molecular complexity index is 962. The zero-order valence-electron chi connectivity index (χ0n) is 17.2. The number of ether oxygens (including phenoxy) is 1. The van der Waals surface area contributed by atoms with Crippen LogP contribution in [0.25, 0.3) is 11.8 Å². The minimum absolute atomic E-state index is 0.268. The van der Waals surface area contributed by atoms with Crippen molar-refractivity contribution in [3.63, 3.8) is 0 Å². The summed E-state index contributed by atoms with van der Waals surface area (Å²) in [4.78, 5) is 12.7. The minimum atomic E-state index is 0.268. The fourth-order valence-corrected chi connectivity index (χ4v) is 4.84. The molecule has 3 aliphatic rings. The van der Waals surface area contributed by atoms with Crippen LogP contribution in [0, 0.1) is 6.92 Å². The van der Waals surface area contributed by atoms with Gasteiger partial charge in [0.15, 0.2) is 5.84 Å². The zero-order valence-corrected chi connectivity index (χ0v) is 17.2. The SMILES string of the molecule is COc1cc(C=C2CCCN3C2=NOC2CCCCC23)ccc1-n1cnc(C)c1. The van der Waals surface area contributed by atoms with Crippen molar-refractivity contribution in [2.75, 3.05) is 13.7 Å². The first-order chi connectivity index (χ1) is 14.2. The van der Waals surface area contributed by atoms with Gasteiger partial charge in [-0.2, -0.15) is 0 Å². The second-order valence-electron chi connectivity index (χ2n) is 8.23. The molecule has 29 heavy (non-hydrogen) atoms. The number of piperidine rings is 1. The van der Waals surface area contributed by atoms with Gasteiger partial charge in [-0.1, -0.05) is 17.6 Å². The van der Waals surface area contributed by atoms with Gasteiger partial charge in [0.1, 0.15) is 11.9 Å². The molecule has 2 fully saturated rings. The predicted molar refractivity (Wildman–Crippen MR) is 113 cm³/mol. The van der Waals surface area contributed by atoms with Gasteiger partial charge in [0.2, 0.25) is 0 Å². The van der Waals surface area contributed by atoms with Crippen LogP contribution in [0.1, 0.15) is 49.8 Å².